The molecule has 0 saturated carbocycles. The predicted octanol–water partition coefficient (Wildman–Crippen LogP) is 2.24. The number of hydrogen-bond donors (Lipinski definition) is 1. The summed E-state index contributed by atoms with van der Waals surface area (Å²) in [7, 11) is 1.68. The van der Waals surface area contributed by atoms with Gasteiger partial charge in [0.2, 0.25) is 5.91 Å². The standard InChI is InChI=1S/C17H26N2O2S/c1-14-4-6-15(7-5-14)16-13-22-11-9-19(16)12-17(20)18-8-3-10-21-2/h4-7,16H,3,8-13H2,1-2H3,(H,18,20)/t16-/m1/s1. The zero-order valence-corrected chi connectivity index (χ0v) is 14.3. The number of carbonyl (C=O) groups excluding carboxylic acids is 1. The molecule has 0 bridgehead atoms. The molecule has 22 heavy (non-hydrogen) atoms. The van der Waals surface area contributed by atoms with Gasteiger partial charge in [-0.1, -0.05) is 29.8 Å². The van der Waals surface area contributed by atoms with Crippen molar-refractivity contribution in [2.75, 3.05) is 44.9 Å². The number of nitrogens with one attached hydrogen (secondary N) is 1. The molecule has 1 aliphatic rings. The normalized spacial score (nSPS) is 19.1. The van der Waals surface area contributed by atoms with Crippen LogP contribution in [0.3, 0.4) is 0 Å². The third kappa shape index (κ3) is 5.30. The molecule has 0 aromatic heterocycles. The summed E-state index contributed by atoms with van der Waals surface area (Å²) in [6.45, 7) is 4.92. The van der Waals surface area contributed by atoms with E-state index in [1.165, 1.54) is 11.1 Å². The fraction of sp³-hybridized carbons (Fsp3) is 0.588. The van der Waals surface area contributed by atoms with Crippen LogP contribution in [0.1, 0.15) is 23.6 Å². The molecule has 0 unspecified atom stereocenters. The Kier molecular flexibility index (Phi) is 7.22. The fourth-order valence-electron chi connectivity index (χ4n) is 2.61. The summed E-state index contributed by atoms with van der Waals surface area (Å²) in [5.41, 5.74) is 2.58. The molecular formula is C17H26N2O2S. The van der Waals surface area contributed by atoms with E-state index in [9.17, 15) is 4.79 Å². The SMILES string of the molecule is COCCCNC(=O)CN1CCSC[C@@H]1c1ccc(C)cc1. The molecule has 0 radical (unpaired) electrons. The maximum absolute atomic E-state index is 12.1. The molecular weight excluding hydrogens is 296 g/mol. The molecule has 1 aliphatic heterocycles. The van der Waals surface area contributed by atoms with E-state index in [0.29, 0.717) is 25.7 Å². The van der Waals surface area contributed by atoms with Crippen LogP contribution in [0.2, 0.25) is 0 Å². The summed E-state index contributed by atoms with van der Waals surface area (Å²) in [4.78, 5) is 14.4. The van der Waals surface area contributed by atoms with Gasteiger partial charge in [-0.25, -0.2) is 0 Å². The molecule has 122 valence electrons. The van der Waals surface area contributed by atoms with Crippen molar-refractivity contribution < 1.29 is 9.53 Å². The summed E-state index contributed by atoms with van der Waals surface area (Å²) in [5, 5.41) is 2.98. The Hall–Kier alpha value is -1.04. The smallest absolute Gasteiger partial charge is 0.234 e. The van der Waals surface area contributed by atoms with Crippen molar-refractivity contribution in [2.45, 2.75) is 19.4 Å². The molecule has 1 aromatic carbocycles. The number of ether oxygens (including phenoxy) is 1. The minimum atomic E-state index is 0.111. The first-order valence-electron chi connectivity index (χ1n) is 7.84. The van der Waals surface area contributed by atoms with Crippen LogP contribution in [0.5, 0.6) is 0 Å². The van der Waals surface area contributed by atoms with Gasteiger partial charge in [-0.2, -0.15) is 11.8 Å². The van der Waals surface area contributed by atoms with Gasteiger partial charge < -0.3 is 10.1 Å². The van der Waals surface area contributed by atoms with Crippen LogP contribution in [0.25, 0.3) is 0 Å². The number of carbonyl (C=O) groups is 1. The lowest BCUT2D eigenvalue weighted by Gasteiger charge is -2.35. The predicted molar refractivity (Wildman–Crippen MR) is 92.3 cm³/mol. The largest absolute Gasteiger partial charge is 0.385 e. The third-order valence-corrected chi connectivity index (χ3v) is 4.92. The van der Waals surface area contributed by atoms with Gasteiger partial charge in [0, 0.05) is 44.4 Å². The summed E-state index contributed by atoms with van der Waals surface area (Å²) in [5.74, 6) is 2.26. The Balaban J connectivity index is 1.89. The van der Waals surface area contributed by atoms with Crippen molar-refractivity contribution in [3.8, 4) is 0 Å². The van der Waals surface area contributed by atoms with Crippen LogP contribution >= 0.6 is 11.8 Å². The van der Waals surface area contributed by atoms with Gasteiger partial charge in [-0.15, -0.1) is 0 Å². The second kappa shape index (κ2) is 9.18. The number of benzene rings is 1. The summed E-state index contributed by atoms with van der Waals surface area (Å²) in [6.07, 6.45) is 0.861. The Bertz CT molecular complexity index is 464. The quantitative estimate of drug-likeness (QED) is 0.782. The molecule has 1 amide bonds. The Labute approximate surface area is 137 Å². The van der Waals surface area contributed by atoms with Gasteiger partial charge in [-0.05, 0) is 18.9 Å². The molecule has 1 N–H and O–H groups in total. The van der Waals surface area contributed by atoms with Crippen molar-refractivity contribution in [1.29, 1.82) is 0 Å². The molecule has 1 fully saturated rings. The van der Waals surface area contributed by atoms with E-state index in [4.69, 9.17) is 4.74 Å². The van der Waals surface area contributed by atoms with E-state index in [-0.39, 0.29) is 5.91 Å². The molecule has 1 aromatic rings. The van der Waals surface area contributed by atoms with E-state index >= 15 is 0 Å². The van der Waals surface area contributed by atoms with E-state index in [1.54, 1.807) is 7.11 Å². The maximum atomic E-state index is 12.1. The highest BCUT2D eigenvalue weighted by Gasteiger charge is 2.25. The molecule has 0 spiro atoms. The second-order valence-electron chi connectivity index (χ2n) is 5.67. The van der Waals surface area contributed by atoms with Crippen LogP contribution < -0.4 is 5.32 Å². The van der Waals surface area contributed by atoms with E-state index < -0.39 is 0 Å². The molecule has 4 nitrogen and oxygen atoms in total. The first-order valence-corrected chi connectivity index (χ1v) is 9.00. The topological polar surface area (TPSA) is 41.6 Å². The van der Waals surface area contributed by atoms with Crippen LogP contribution in [0, 0.1) is 6.92 Å². The van der Waals surface area contributed by atoms with Gasteiger partial charge >= 0.3 is 0 Å². The van der Waals surface area contributed by atoms with Crippen LogP contribution in [0.4, 0.5) is 0 Å². The van der Waals surface area contributed by atoms with Crippen molar-refractivity contribution >= 4 is 17.7 Å². The average molecular weight is 322 g/mol. The first kappa shape index (κ1) is 17.3. The monoisotopic (exact) mass is 322 g/mol. The number of methoxy groups -OCH3 is 1. The maximum Gasteiger partial charge on any atom is 0.234 e. The molecule has 0 aliphatic carbocycles. The van der Waals surface area contributed by atoms with Gasteiger partial charge in [0.05, 0.1) is 6.54 Å². The van der Waals surface area contributed by atoms with E-state index in [2.05, 4.69) is 41.4 Å². The Morgan fingerprint density at radius 1 is 1.41 bits per heavy atom. The Morgan fingerprint density at radius 2 is 2.18 bits per heavy atom. The first-order chi connectivity index (χ1) is 10.7. The molecule has 5 heteroatoms. The van der Waals surface area contributed by atoms with Crippen LogP contribution in [0.15, 0.2) is 24.3 Å². The zero-order valence-electron chi connectivity index (χ0n) is 13.5. The third-order valence-electron chi connectivity index (χ3n) is 3.90. The summed E-state index contributed by atoms with van der Waals surface area (Å²) < 4.78 is 4.99. The zero-order chi connectivity index (χ0) is 15.8. The molecule has 2 rings (SSSR count). The number of amides is 1. The lowest BCUT2D eigenvalue weighted by molar-refractivity contribution is -0.122. The number of aryl methyl sites for hydroxylation is 1. The fourth-order valence-corrected chi connectivity index (χ4v) is 3.76. The highest BCUT2D eigenvalue weighted by Crippen LogP contribution is 2.29. The highest BCUT2D eigenvalue weighted by atomic mass is 32.2. The van der Waals surface area contributed by atoms with E-state index in [1.807, 2.05) is 11.8 Å². The number of thioether (sulfide) groups is 1. The van der Waals surface area contributed by atoms with Crippen molar-refractivity contribution in [3.63, 3.8) is 0 Å². The lowest BCUT2D eigenvalue weighted by Crippen LogP contribution is -2.43. The molecule has 1 heterocycles. The average Bonchev–Trinajstić information content (AvgIpc) is 2.53. The number of rotatable bonds is 7. The minimum absolute atomic E-state index is 0.111. The summed E-state index contributed by atoms with van der Waals surface area (Å²) >= 11 is 1.97. The minimum Gasteiger partial charge on any atom is -0.385 e. The van der Waals surface area contributed by atoms with Crippen molar-refractivity contribution in [2.24, 2.45) is 0 Å². The van der Waals surface area contributed by atoms with Crippen molar-refractivity contribution in [1.82, 2.24) is 10.2 Å². The lowest BCUT2D eigenvalue weighted by atomic mass is 10.0. The molecule has 1 saturated heterocycles. The van der Waals surface area contributed by atoms with Crippen molar-refractivity contribution in [3.05, 3.63) is 35.4 Å². The van der Waals surface area contributed by atoms with E-state index in [0.717, 1.165) is 24.5 Å². The Morgan fingerprint density at radius 3 is 2.91 bits per heavy atom. The number of nitrogens with zero attached hydrogens (tertiary/aromatic N) is 1. The second-order valence-corrected chi connectivity index (χ2v) is 6.82. The highest BCUT2D eigenvalue weighted by molar-refractivity contribution is 7.99. The van der Waals surface area contributed by atoms with Crippen LogP contribution in [-0.4, -0.2) is 55.7 Å². The van der Waals surface area contributed by atoms with Gasteiger partial charge in [-0.3, -0.25) is 9.69 Å². The summed E-state index contributed by atoms with van der Waals surface area (Å²) in [6, 6.07) is 9.02. The van der Waals surface area contributed by atoms with Gasteiger partial charge in [0.1, 0.15) is 0 Å². The van der Waals surface area contributed by atoms with Gasteiger partial charge in [0.25, 0.3) is 0 Å². The number of hydrogen-bond acceptors (Lipinski definition) is 4. The molecule has 1 atom stereocenters. The van der Waals surface area contributed by atoms with Gasteiger partial charge in [0.15, 0.2) is 0 Å². The van der Waals surface area contributed by atoms with Crippen LogP contribution in [-0.2, 0) is 9.53 Å².